The lowest BCUT2D eigenvalue weighted by Crippen LogP contribution is -2.15. The molecule has 1 amide bonds. The number of nitro groups is 1. The highest BCUT2D eigenvalue weighted by molar-refractivity contribution is 7.16. The predicted octanol–water partition coefficient (Wildman–Crippen LogP) is 5.24. The van der Waals surface area contributed by atoms with Crippen molar-refractivity contribution in [3.05, 3.63) is 85.3 Å². The minimum absolute atomic E-state index is 0.0173. The first-order valence-corrected chi connectivity index (χ1v) is 9.41. The highest BCUT2D eigenvalue weighted by Gasteiger charge is 2.17. The molecule has 2 N–H and O–H groups in total. The molecule has 3 aromatic rings. The van der Waals surface area contributed by atoms with Crippen LogP contribution < -0.4 is 10.6 Å². The van der Waals surface area contributed by atoms with Gasteiger partial charge in [-0.15, -0.1) is 11.3 Å². The molecule has 3 rings (SSSR count). The Balaban J connectivity index is 1.68. The topological polar surface area (TPSA) is 84.3 Å². The highest BCUT2D eigenvalue weighted by Crippen LogP contribution is 2.29. The summed E-state index contributed by atoms with van der Waals surface area (Å²) >= 11 is 7.31. The summed E-state index contributed by atoms with van der Waals surface area (Å²) in [5.41, 5.74) is 1.03. The normalized spacial score (nSPS) is 10.5. The number of nitrogens with one attached hydrogen (secondary N) is 2. The van der Waals surface area contributed by atoms with Crippen LogP contribution in [0.15, 0.2) is 54.6 Å². The second-order valence-electron chi connectivity index (χ2n) is 5.90. The van der Waals surface area contributed by atoms with Crippen molar-refractivity contribution in [1.82, 2.24) is 0 Å². The van der Waals surface area contributed by atoms with Gasteiger partial charge in [0.15, 0.2) is 0 Å². The summed E-state index contributed by atoms with van der Waals surface area (Å²) in [7, 11) is 0. The molecule has 0 aliphatic rings. The molecule has 0 saturated heterocycles. The molecule has 28 heavy (non-hydrogen) atoms. The van der Waals surface area contributed by atoms with E-state index in [1.54, 1.807) is 12.1 Å². The van der Waals surface area contributed by atoms with E-state index in [0.717, 1.165) is 4.88 Å². The van der Waals surface area contributed by atoms with Crippen LogP contribution in [-0.2, 0) is 17.8 Å². The summed E-state index contributed by atoms with van der Waals surface area (Å²) in [5.74, 6) is -0.823. The van der Waals surface area contributed by atoms with Crippen LogP contribution >= 0.6 is 22.9 Å². The maximum Gasteiger partial charge on any atom is 0.294 e. The van der Waals surface area contributed by atoms with Gasteiger partial charge in [-0.1, -0.05) is 23.7 Å². The molecule has 0 aliphatic carbocycles. The zero-order chi connectivity index (χ0) is 20.1. The number of carbonyl (C=O) groups excluding carboxylic acids is 1. The average molecular weight is 420 g/mol. The first-order chi connectivity index (χ1) is 13.4. The summed E-state index contributed by atoms with van der Waals surface area (Å²) in [5, 5.41) is 17.0. The Kier molecular flexibility index (Phi) is 6.23. The third-order valence-electron chi connectivity index (χ3n) is 3.84. The number of hydrogen-bond donors (Lipinski definition) is 2. The van der Waals surface area contributed by atoms with E-state index in [9.17, 15) is 19.3 Å². The average Bonchev–Trinajstić information content (AvgIpc) is 3.08. The Labute approximate surface area is 169 Å². The standard InChI is InChI=1S/C19H15ClFN3O3S/c20-18-8-6-15(28-18)11-22-14-5-7-16(17(10-14)24(26)27)23-19(25)9-12-1-3-13(21)4-2-12/h1-8,10,22H,9,11H2,(H,23,25). The van der Waals surface area contributed by atoms with Crippen molar-refractivity contribution in [3.63, 3.8) is 0 Å². The Morgan fingerprint density at radius 3 is 2.54 bits per heavy atom. The second kappa shape index (κ2) is 8.81. The second-order valence-corrected chi connectivity index (χ2v) is 7.70. The largest absolute Gasteiger partial charge is 0.380 e. The molecule has 6 nitrogen and oxygen atoms in total. The van der Waals surface area contributed by atoms with E-state index < -0.39 is 16.6 Å². The van der Waals surface area contributed by atoms with Gasteiger partial charge in [0.25, 0.3) is 5.69 Å². The number of anilines is 2. The Bertz CT molecular complexity index is 1010. The summed E-state index contributed by atoms with van der Waals surface area (Å²) < 4.78 is 13.6. The van der Waals surface area contributed by atoms with Crippen LogP contribution in [0.1, 0.15) is 10.4 Å². The monoisotopic (exact) mass is 419 g/mol. The van der Waals surface area contributed by atoms with E-state index in [1.165, 1.54) is 47.7 Å². The van der Waals surface area contributed by atoms with Gasteiger partial charge in [-0.25, -0.2) is 4.39 Å². The van der Waals surface area contributed by atoms with Crippen molar-refractivity contribution in [2.45, 2.75) is 13.0 Å². The number of nitro benzene ring substituents is 1. The number of rotatable bonds is 7. The van der Waals surface area contributed by atoms with Crippen LogP contribution in [0.4, 0.5) is 21.5 Å². The summed E-state index contributed by atoms with van der Waals surface area (Å²) in [6.07, 6.45) is -0.0173. The van der Waals surface area contributed by atoms with Crippen molar-refractivity contribution in [3.8, 4) is 0 Å². The van der Waals surface area contributed by atoms with Gasteiger partial charge in [0.1, 0.15) is 11.5 Å². The summed E-state index contributed by atoms with van der Waals surface area (Å²) in [4.78, 5) is 24.0. The maximum atomic E-state index is 12.9. The lowest BCUT2D eigenvalue weighted by Gasteiger charge is -2.09. The van der Waals surface area contributed by atoms with Gasteiger partial charge in [-0.3, -0.25) is 14.9 Å². The molecular weight excluding hydrogens is 405 g/mol. The number of amides is 1. The van der Waals surface area contributed by atoms with Gasteiger partial charge in [-0.2, -0.15) is 0 Å². The van der Waals surface area contributed by atoms with Gasteiger partial charge >= 0.3 is 0 Å². The minimum Gasteiger partial charge on any atom is -0.380 e. The van der Waals surface area contributed by atoms with Gasteiger partial charge in [0.05, 0.1) is 15.7 Å². The fraction of sp³-hybridized carbons (Fsp3) is 0.105. The minimum atomic E-state index is -0.555. The van der Waals surface area contributed by atoms with Gasteiger partial charge in [0.2, 0.25) is 5.91 Å². The summed E-state index contributed by atoms with van der Waals surface area (Å²) in [6, 6.07) is 13.6. The highest BCUT2D eigenvalue weighted by atomic mass is 35.5. The predicted molar refractivity (Wildman–Crippen MR) is 108 cm³/mol. The molecule has 2 aromatic carbocycles. The third-order valence-corrected chi connectivity index (χ3v) is 5.07. The van der Waals surface area contributed by atoms with E-state index in [1.807, 2.05) is 6.07 Å². The first-order valence-electron chi connectivity index (χ1n) is 8.21. The molecule has 144 valence electrons. The molecule has 0 spiro atoms. The quantitative estimate of drug-likeness (QED) is 0.405. The number of carbonyl (C=O) groups is 1. The Morgan fingerprint density at radius 2 is 1.89 bits per heavy atom. The SMILES string of the molecule is O=C(Cc1ccc(F)cc1)Nc1ccc(NCc2ccc(Cl)s2)cc1[N+](=O)[O-]. The number of nitrogens with zero attached hydrogens (tertiary/aromatic N) is 1. The first kappa shape index (κ1) is 19.8. The van der Waals surface area contributed by atoms with Crippen LogP contribution in [0.3, 0.4) is 0 Å². The zero-order valence-corrected chi connectivity index (χ0v) is 16.0. The molecule has 0 bridgehead atoms. The molecule has 0 radical (unpaired) electrons. The van der Waals surface area contributed by atoms with E-state index >= 15 is 0 Å². The molecule has 0 aliphatic heterocycles. The van der Waals surface area contributed by atoms with E-state index in [4.69, 9.17) is 11.6 Å². The number of halogens is 2. The van der Waals surface area contributed by atoms with E-state index in [-0.39, 0.29) is 17.8 Å². The number of benzene rings is 2. The smallest absolute Gasteiger partial charge is 0.294 e. The molecule has 9 heteroatoms. The third kappa shape index (κ3) is 5.28. The van der Waals surface area contributed by atoms with Crippen LogP contribution in [0.2, 0.25) is 4.34 Å². The molecule has 0 unspecified atom stereocenters. The zero-order valence-electron chi connectivity index (χ0n) is 14.4. The van der Waals surface area contributed by atoms with Crippen molar-refractivity contribution in [2.75, 3.05) is 10.6 Å². The molecular formula is C19H15ClFN3O3S. The van der Waals surface area contributed by atoms with Gasteiger partial charge < -0.3 is 10.6 Å². The lowest BCUT2D eigenvalue weighted by molar-refractivity contribution is -0.383. The Hall–Kier alpha value is -2.97. The van der Waals surface area contributed by atoms with E-state index in [0.29, 0.717) is 22.1 Å². The number of thiophene rings is 1. The lowest BCUT2D eigenvalue weighted by atomic mass is 10.1. The van der Waals surface area contributed by atoms with Gasteiger partial charge in [-0.05, 0) is 42.0 Å². The van der Waals surface area contributed by atoms with Crippen molar-refractivity contribution in [2.24, 2.45) is 0 Å². The molecule has 0 saturated carbocycles. The van der Waals surface area contributed by atoms with Crippen LogP contribution in [0.5, 0.6) is 0 Å². The van der Waals surface area contributed by atoms with Crippen LogP contribution in [-0.4, -0.2) is 10.8 Å². The summed E-state index contributed by atoms with van der Waals surface area (Å²) in [6.45, 7) is 0.477. The van der Waals surface area contributed by atoms with Crippen molar-refractivity contribution >= 4 is 45.9 Å². The van der Waals surface area contributed by atoms with Crippen LogP contribution in [0, 0.1) is 15.9 Å². The van der Waals surface area contributed by atoms with Crippen molar-refractivity contribution < 1.29 is 14.1 Å². The van der Waals surface area contributed by atoms with Crippen molar-refractivity contribution in [1.29, 1.82) is 0 Å². The van der Waals surface area contributed by atoms with Crippen LogP contribution in [0.25, 0.3) is 0 Å². The molecule has 1 heterocycles. The Morgan fingerprint density at radius 1 is 1.14 bits per heavy atom. The molecule has 0 fully saturated rings. The fourth-order valence-corrected chi connectivity index (χ4v) is 3.54. The van der Waals surface area contributed by atoms with E-state index in [2.05, 4.69) is 10.6 Å². The maximum absolute atomic E-state index is 12.9. The number of hydrogen-bond acceptors (Lipinski definition) is 5. The van der Waals surface area contributed by atoms with Gasteiger partial charge in [0, 0.05) is 23.2 Å². The molecule has 1 aromatic heterocycles. The fourth-order valence-electron chi connectivity index (χ4n) is 2.52. The molecule has 0 atom stereocenters.